The quantitative estimate of drug-likeness (QED) is 0.609. The fourth-order valence-corrected chi connectivity index (χ4v) is 1.93. The molecule has 0 atom stereocenters. The van der Waals surface area contributed by atoms with Gasteiger partial charge in [0, 0.05) is 26.3 Å². The van der Waals surface area contributed by atoms with Crippen LogP contribution in [0, 0.1) is 0 Å². The van der Waals surface area contributed by atoms with Crippen LogP contribution >= 0.6 is 23.2 Å². The van der Waals surface area contributed by atoms with E-state index in [4.69, 9.17) is 33.7 Å². The summed E-state index contributed by atoms with van der Waals surface area (Å²) in [4.78, 5) is 25.1. The van der Waals surface area contributed by atoms with Crippen LogP contribution in [0.1, 0.15) is 10.4 Å². The number of methoxy groups -OCH3 is 1. The minimum Gasteiger partial charge on any atom is -0.397 e. The Morgan fingerprint density at radius 3 is 2.62 bits per heavy atom. The molecule has 1 rings (SSSR count). The number of nitrogens with zero attached hydrogens (tertiary/aromatic N) is 1. The number of hydrogen-bond donors (Lipinski definition) is 2. The monoisotopic (exact) mass is 333 g/mol. The Bertz CT molecular complexity index is 514. The smallest absolute Gasteiger partial charge is 0.254 e. The van der Waals surface area contributed by atoms with Crippen LogP contribution in [0.2, 0.25) is 10.0 Å². The highest BCUT2D eigenvalue weighted by Gasteiger charge is 2.17. The number of carbonyl (C=O) groups is 2. The molecule has 0 fully saturated rings. The summed E-state index contributed by atoms with van der Waals surface area (Å²) >= 11 is 11.7. The van der Waals surface area contributed by atoms with Crippen molar-refractivity contribution in [2.75, 3.05) is 39.6 Å². The zero-order valence-corrected chi connectivity index (χ0v) is 13.3. The molecule has 0 aromatic heterocycles. The number of rotatable bonds is 6. The molecule has 0 aliphatic heterocycles. The van der Waals surface area contributed by atoms with Crippen molar-refractivity contribution in [3.05, 3.63) is 27.7 Å². The number of hydrogen-bond acceptors (Lipinski definition) is 4. The summed E-state index contributed by atoms with van der Waals surface area (Å²) in [5.74, 6) is -0.655. The second kappa shape index (κ2) is 8.07. The highest BCUT2D eigenvalue weighted by Crippen LogP contribution is 2.29. The van der Waals surface area contributed by atoms with Gasteiger partial charge in [0.2, 0.25) is 5.91 Å². The minimum absolute atomic E-state index is 0.0807. The number of benzene rings is 1. The maximum atomic E-state index is 12.2. The number of carbonyl (C=O) groups excluding carboxylic acids is 2. The van der Waals surface area contributed by atoms with E-state index in [-0.39, 0.29) is 39.7 Å². The Kier molecular flexibility index (Phi) is 6.74. The molecule has 116 valence electrons. The van der Waals surface area contributed by atoms with Gasteiger partial charge in [-0.25, -0.2) is 0 Å². The van der Waals surface area contributed by atoms with Crippen LogP contribution in [-0.4, -0.2) is 50.6 Å². The lowest BCUT2D eigenvalue weighted by Crippen LogP contribution is -2.39. The number of nitrogen functional groups attached to an aromatic ring is 1. The van der Waals surface area contributed by atoms with E-state index < -0.39 is 0 Å². The van der Waals surface area contributed by atoms with Gasteiger partial charge in [-0.15, -0.1) is 0 Å². The third-order valence-electron chi connectivity index (χ3n) is 2.66. The van der Waals surface area contributed by atoms with Crippen molar-refractivity contribution in [1.29, 1.82) is 0 Å². The molecule has 0 saturated heterocycles. The third-order valence-corrected chi connectivity index (χ3v) is 3.48. The highest BCUT2D eigenvalue weighted by atomic mass is 35.5. The second-order valence-electron chi connectivity index (χ2n) is 4.37. The number of anilines is 1. The summed E-state index contributed by atoms with van der Waals surface area (Å²) in [6.45, 7) is 0.715. The van der Waals surface area contributed by atoms with E-state index >= 15 is 0 Å². The lowest BCUT2D eigenvalue weighted by atomic mass is 10.2. The van der Waals surface area contributed by atoms with Crippen LogP contribution in [0.3, 0.4) is 0 Å². The van der Waals surface area contributed by atoms with E-state index in [1.807, 2.05) is 0 Å². The van der Waals surface area contributed by atoms with Gasteiger partial charge in [0.25, 0.3) is 5.91 Å². The van der Waals surface area contributed by atoms with E-state index in [0.29, 0.717) is 13.2 Å². The molecule has 0 aliphatic rings. The molecule has 1 aromatic rings. The van der Waals surface area contributed by atoms with Crippen molar-refractivity contribution in [2.24, 2.45) is 0 Å². The van der Waals surface area contributed by atoms with Crippen LogP contribution < -0.4 is 11.1 Å². The molecule has 0 spiro atoms. The summed E-state index contributed by atoms with van der Waals surface area (Å²) in [6.07, 6.45) is 0. The van der Waals surface area contributed by atoms with Gasteiger partial charge >= 0.3 is 0 Å². The molecule has 6 nitrogen and oxygen atoms in total. The first kappa shape index (κ1) is 17.6. The number of amides is 2. The van der Waals surface area contributed by atoms with Crippen molar-refractivity contribution in [3.8, 4) is 0 Å². The van der Waals surface area contributed by atoms with Crippen molar-refractivity contribution >= 4 is 40.7 Å². The van der Waals surface area contributed by atoms with Crippen LogP contribution in [0.25, 0.3) is 0 Å². The molecule has 0 aliphatic carbocycles. The van der Waals surface area contributed by atoms with Gasteiger partial charge in [0.05, 0.1) is 28.9 Å². The van der Waals surface area contributed by atoms with E-state index in [2.05, 4.69) is 5.32 Å². The first-order valence-electron chi connectivity index (χ1n) is 6.12. The molecule has 0 bridgehead atoms. The predicted molar refractivity (Wildman–Crippen MR) is 82.7 cm³/mol. The van der Waals surface area contributed by atoms with Crippen LogP contribution in [0.4, 0.5) is 5.69 Å². The highest BCUT2D eigenvalue weighted by molar-refractivity contribution is 6.43. The van der Waals surface area contributed by atoms with Gasteiger partial charge in [-0.1, -0.05) is 23.2 Å². The topological polar surface area (TPSA) is 84.7 Å². The number of likely N-dealkylation sites (N-methyl/N-ethyl adjacent to an activating group) is 1. The Labute approximate surface area is 133 Å². The number of nitrogens with one attached hydrogen (secondary N) is 1. The lowest BCUT2D eigenvalue weighted by Gasteiger charge is -2.17. The molecule has 21 heavy (non-hydrogen) atoms. The SMILES string of the molecule is COCCNC(=O)CN(C)C(=O)c1cc(N)c(Cl)c(Cl)c1. The van der Waals surface area contributed by atoms with Gasteiger partial charge < -0.3 is 20.7 Å². The first-order valence-corrected chi connectivity index (χ1v) is 6.88. The standard InChI is InChI=1S/C13H17Cl2N3O3/c1-18(7-11(19)17-3-4-21-2)13(20)8-5-9(14)12(15)10(16)6-8/h5-6H,3-4,7,16H2,1-2H3,(H,17,19). The van der Waals surface area contributed by atoms with Crippen LogP contribution in [0.5, 0.6) is 0 Å². The van der Waals surface area contributed by atoms with E-state index in [1.165, 1.54) is 31.2 Å². The number of halogens is 2. The van der Waals surface area contributed by atoms with E-state index in [0.717, 1.165) is 0 Å². The summed E-state index contributed by atoms with van der Waals surface area (Å²) in [6, 6.07) is 2.85. The molecular formula is C13H17Cl2N3O3. The van der Waals surface area contributed by atoms with Crippen molar-refractivity contribution in [2.45, 2.75) is 0 Å². The molecule has 3 N–H and O–H groups in total. The van der Waals surface area contributed by atoms with E-state index in [9.17, 15) is 9.59 Å². The molecular weight excluding hydrogens is 317 g/mol. The molecule has 8 heteroatoms. The predicted octanol–water partition coefficient (Wildman–Crippen LogP) is 1.41. The third kappa shape index (κ3) is 5.08. The van der Waals surface area contributed by atoms with Gasteiger partial charge in [0.15, 0.2) is 0 Å². The summed E-state index contributed by atoms with van der Waals surface area (Å²) < 4.78 is 4.82. The average molecular weight is 334 g/mol. The maximum Gasteiger partial charge on any atom is 0.254 e. The maximum absolute atomic E-state index is 12.2. The Hall–Kier alpha value is -1.50. The van der Waals surface area contributed by atoms with Crippen molar-refractivity contribution < 1.29 is 14.3 Å². The average Bonchev–Trinajstić information content (AvgIpc) is 2.43. The minimum atomic E-state index is -0.373. The van der Waals surface area contributed by atoms with Crippen molar-refractivity contribution in [1.82, 2.24) is 10.2 Å². The summed E-state index contributed by atoms with van der Waals surface area (Å²) in [5, 5.41) is 3.02. The van der Waals surface area contributed by atoms with E-state index in [1.54, 1.807) is 0 Å². The van der Waals surface area contributed by atoms with Gasteiger partial charge in [-0.2, -0.15) is 0 Å². The second-order valence-corrected chi connectivity index (χ2v) is 5.15. The molecule has 2 amide bonds. The summed E-state index contributed by atoms with van der Waals surface area (Å²) in [5.41, 5.74) is 6.15. The molecule has 1 aromatic carbocycles. The van der Waals surface area contributed by atoms with Crippen LogP contribution in [0.15, 0.2) is 12.1 Å². The lowest BCUT2D eigenvalue weighted by molar-refractivity contribution is -0.121. The normalized spacial score (nSPS) is 10.3. The fraction of sp³-hybridized carbons (Fsp3) is 0.385. The Morgan fingerprint density at radius 1 is 1.38 bits per heavy atom. The van der Waals surface area contributed by atoms with Gasteiger partial charge in [-0.3, -0.25) is 9.59 Å². The number of ether oxygens (including phenoxy) is 1. The zero-order valence-electron chi connectivity index (χ0n) is 11.8. The Morgan fingerprint density at radius 2 is 2.05 bits per heavy atom. The van der Waals surface area contributed by atoms with Crippen molar-refractivity contribution in [3.63, 3.8) is 0 Å². The first-order chi connectivity index (χ1) is 9.86. The molecule has 0 radical (unpaired) electrons. The molecule has 0 saturated carbocycles. The molecule has 0 unspecified atom stereocenters. The zero-order chi connectivity index (χ0) is 16.0. The number of nitrogens with two attached hydrogens (primary N) is 1. The fourth-order valence-electron chi connectivity index (χ4n) is 1.59. The van der Waals surface area contributed by atoms with Gasteiger partial charge in [-0.05, 0) is 12.1 Å². The summed E-state index contributed by atoms with van der Waals surface area (Å²) in [7, 11) is 3.05. The molecule has 0 heterocycles. The van der Waals surface area contributed by atoms with Crippen LogP contribution in [-0.2, 0) is 9.53 Å². The van der Waals surface area contributed by atoms with Gasteiger partial charge in [0.1, 0.15) is 0 Å². The Balaban J connectivity index is 2.68. The largest absolute Gasteiger partial charge is 0.397 e.